The van der Waals surface area contributed by atoms with Crippen molar-refractivity contribution in [2.45, 2.75) is 51.5 Å². The predicted molar refractivity (Wildman–Crippen MR) is 78.4 cm³/mol. The average molecular weight is 250 g/mol. The van der Waals surface area contributed by atoms with Crippen LogP contribution in [0.1, 0.15) is 45.4 Å². The molecule has 0 aliphatic rings. The number of unbranched alkanes of at least 4 members (excludes halogenated alkanes) is 5. The van der Waals surface area contributed by atoms with Gasteiger partial charge in [0.25, 0.3) is 0 Å². The quantitative estimate of drug-likeness (QED) is 0.480. The zero-order chi connectivity index (χ0) is 12.3. The molecule has 2 heteroatoms. The first-order valence-electron chi connectivity index (χ1n) is 6.96. The van der Waals surface area contributed by atoms with E-state index in [1.54, 1.807) is 0 Å². The molecule has 0 amide bonds. The maximum absolute atomic E-state index is 5.70. The third kappa shape index (κ3) is 6.04. The second-order valence-corrected chi connectivity index (χ2v) is 7.38. The van der Waals surface area contributed by atoms with Gasteiger partial charge < -0.3 is 4.43 Å². The highest BCUT2D eigenvalue weighted by Gasteiger charge is 2.11. The molecule has 0 saturated carbocycles. The zero-order valence-corrected chi connectivity index (χ0v) is 12.5. The monoisotopic (exact) mass is 250 g/mol. The molecule has 96 valence electrons. The minimum absolute atomic E-state index is 1.13. The van der Waals surface area contributed by atoms with Gasteiger partial charge in [-0.05, 0) is 11.2 Å². The molecule has 0 radical (unpaired) electrons. The summed E-state index contributed by atoms with van der Waals surface area (Å²) in [6, 6.07) is 12.0. The predicted octanol–water partition coefficient (Wildman–Crippen LogP) is 3.62. The van der Waals surface area contributed by atoms with Gasteiger partial charge in [0, 0.05) is 7.11 Å². The first kappa shape index (κ1) is 14.5. The molecule has 17 heavy (non-hydrogen) atoms. The first-order valence-corrected chi connectivity index (χ1v) is 8.82. The summed E-state index contributed by atoms with van der Waals surface area (Å²) in [6.07, 6.45) is 8.24. The van der Waals surface area contributed by atoms with Crippen LogP contribution in [0.25, 0.3) is 0 Å². The van der Waals surface area contributed by atoms with Crippen molar-refractivity contribution >= 4 is 14.2 Å². The van der Waals surface area contributed by atoms with Crippen molar-refractivity contribution in [1.29, 1.82) is 0 Å². The van der Waals surface area contributed by atoms with Gasteiger partial charge in [-0.3, -0.25) is 0 Å². The largest absolute Gasteiger partial charge is 0.418 e. The van der Waals surface area contributed by atoms with E-state index in [9.17, 15) is 0 Å². The van der Waals surface area contributed by atoms with Crippen molar-refractivity contribution in [3.8, 4) is 0 Å². The van der Waals surface area contributed by atoms with Crippen LogP contribution in [0.5, 0.6) is 0 Å². The van der Waals surface area contributed by atoms with Crippen LogP contribution in [-0.2, 0) is 4.43 Å². The van der Waals surface area contributed by atoms with Crippen molar-refractivity contribution in [3.05, 3.63) is 30.3 Å². The minimum Gasteiger partial charge on any atom is -0.418 e. The van der Waals surface area contributed by atoms with Gasteiger partial charge in [0.2, 0.25) is 9.04 Å². The van der Waals surface area contributed by atoms with Crippen molar-refractivity contribution < 1.29 is 4.43 Å². The van der Waals surface area contributed by atoms with Crippen LogP contribution in [-0.4, -0.2) is 16.2 Å². The average Bonchev–Trinajstić information content (AvgIpc) is 2.39. The Kier molecular flexibility index (Phi) is 8.02. The maximum atomic E-state index is 5.70. The summed E-state index contributed by atoms with van der Waals surface area (Å²) in [5, 5.41) is 1.45. The highest BCUT2D eigenvalue weighted by atomic mass is 28.3. The summed E-state index contributed by atoms with van der Waals surface area (Å²) in [5.74, 6) is 0. The van der Waals surface area contributed by atoms with Crippen molar-refractivity contribution in [2.24, 2.45) is 0 Å². The van der Waals surface area contributed by atoms with Gasteiger partial charge in [-0.15, -0.1) is 0 Å². The van der Waals surface area contributed by atoms with E-state index in [1.807, 2.05) is 7.11 Å². The van der Waals surface area contributed by atoms with Crippen LogP contribution >= 0.6 is 0 Å². The lowest BCUT2D eigenvalue weighted by Gasteiger charge is -2.13. The SMILES string of the molecule is CCCCCCCC[SiH](OC)c1ccccc1. The molecule has 1 atom stereocenters. The maximum Gasteiger partial charge on any atom is 0.207 e. The highest BCUT2D eigenvalue weighted by Crippen LogP contribution is 2.09. The smallest absolute Gasteiger partial charge is 0.207 e. The summed E-state index contributed by atoms with van der Waals surface area (Å²) in [4.78, 5) is 0. The van der Waals surface area contributed by atoms with Crippen molar-refractivity contribution in [3.63, 3.8) is 0 Å². The molecule has 0 N–H and O–H groups in total. The number of hydrogen-bond donors (Lipinski definition) is 0. The second kappa shape index (κ2) is 9.43. The van der Waals surface area contributed by atoms with Crippen LogP contribution in [0, 0.1) is 0 Å². The van der Waals surface area contributed by atoms with Gasteiger partial charge in [-0.1, -0.05) is 75.8 Å². The van der Waals surface area contributed by atoms with Crippen LogP contribution in [0.15, 0.2) is 30.3 Å². The highest BCUT2D eigenvalue weighted by molar-refractivity contribution is 6.67. The summed E-state index contributed by atoms with van der Waals surface area (Å²) >= 11 is 0. The molecule has 0 aliphatic heterocycles. The second-order valence-electron chi connectivity index (χ2n) is 4.69. The Hall–Kier alpha value is -0.603. The lowest BCUT2D eigenvalue weighted by Crippen LogP contribution is -2.31. The first-order chi connectivity index (χ1) is 8.38. The van der Waals surface area contributed by atoms with Crippen LogP contribution in [0.3, 0.4) is 0 Å². The molecule has 0 fully saturated rings. The Morgan fingerprint density at radius 3 is 2.24 bits per heavy atom. The molecule has 1 unspecified atom stereocenters. The molecule has 1 aromatic rings. The number of rotatable bonds is 9. The normalized spacial score (nSPS) is 12.6. The van der Waals surface area contributed by atoms with Gasteiger partial charge in [0.05, 0.1) is 0 Å². The summed E-state index contributed by atoms with van der Waals surface area (Å²) < 4.78 is 5.70. The Bertz CT molecular complexity index is 274. The molecule has 1 nitrogen and oxygen atoms in total. The molecule has 1 aromatic carbocycles. The number of benzene rings is 1. The van der Waals surface area contributed by atoms with E-state index < -0.39 is 9.04 Å². The van der Waals surface area contributed by atoms with E-state index in [0.717, 1.165) is 0 Å². The molecule has 0 bridgehead atoms. The third-order valence-corrected chi connectivity index (χ3v) is 5.91. The summed E-state index contributed by atoms with van der Waals surface area (Å²) in [6.45, 7) is 2.27. The van der Waals surface area contributed by atoms with Gasteiger partial charge in [-0.2, -0.15) is 0 Å². The van der Waals surface area contributed by atoms with Crippen molar-refractivity contribution in [1.82, 2.24) is 0 Å². The Balaban J connectivity index is 2.20. The van der Waals surface area contributed by atoms with E-state index in [-0.39, 0.29) is 0 Å². The Morgan fingerprint density at radius 1 is 0.941 bits per heavy atom. The van der Waals surface area contributed by atoms with Crippen LogP contribution in [0.2, 0.25) is 6.04 Å². The lowest BCUT2D eigenvalue weighted by molar-refractivity contribution is 0.426. The van der Waals surface area contributed by atoms with E-state index >= 15 is 0 Å². The molecular formula is C15H26OSi. The number of hydrogen-bond acceptors (Lipinski definition) is 1. The molecule has 0 saturated heterocycles. The molecule has 0 aromatic heterocycles. The standard InChI is InChI=1S/C15H26OSi/c1-3-4-5-6-7-11-14-17(16-2)15-12-9-8-10-13-15/h8-10,12-13,17H,3-7,11,14H2,1-2H3. The van der Waals surface area contributed by atoms with Crippen LogP contribution in [0.4, 0.5) is 0 Å². The summed E-state index contributed by atoms with van der Waals surface area (Å²) in [5.41, 5.74) is 0. The van der Waals surface area contributed by atoms with E-state index in [1.165, 1.54) is 49.8 Å². The molecule has 0 heterocycles. The molecule has 0 spiro atoms. The summed E-state index contributed by atoms with van der Waals surface area (Å²) in [7, 11) is 0.746. The van der Waals surface area contributed by atoms with Gasteiger partial charge >= 0.3 is 0 Å². The van der Waals surface area contributed by atoms with Crippen molar-refractivity contribution in [2.75, 3.05) is 7.11 Å². The zero-order valence-electron chi connectivity index (χ0n) is 11.3. The van der Waals surface area contributed by atoms with Crippen LogP contribution < -0.4 is 5.19 Å². The lowest BCUT2D eigenvalue weighted by atomic mass is 10.1. The van der Waals surface area contributed by atoms with E-state index in [2.05, 4.69) is 37.3 Å². The third-order valence-electron chi connectivity index (χ3n) is 3.28. The van der Waals surface area contributed by atoms with Gasteiger partial charge in [0.15, 0.2) is 0 Å². The Labute approximate surface area is 108 Å². The van der Waals surface area contributed by atoms with Gasteiger partial charge in [0.1, 0.15) is 0 Å². The molecule has 1 rings (SSSR count). The fourth-order valence-electron chi connectivity index (χ4n) is 2.20. The fraction of sp³-hybridized carbons (Fsp3) is 0.600. The van der Waals surface area contributed by atoms with Gasteiger partial charge in [-0.25, -0.2) is 0 Å². The Morgan fingerprint density at radius 2 is 1.59 bits per heavy atom. The minimum atomic E-state index is -1.13. The van der Waals surface area contributed by atoms with E-state index in [4.69, 9.17) is 4.43 Å². The molecule has 0 aliphatic carbocycles. The fourth-order valence-corrected chi connectivity index (χ4v) is 4.35. The topological polar surface area (TPSA) is 9.23 Å². The molecular weight excluding hydrogens is 224 g/mol. The van der Waals surface area contributed by atoms with E-state index in [0.29, 0.717) is 0 Å².